The van der Waals surface area contributed by atoms with Crippen molar-refractivity contribution in [1.29, 1.82) is 5.26 Å². The highest BCUT2D eigenvalue weighted by Crippen LogP contribution is 2.36. The largest absolute Gasteiger partial charge is 0.488 e. The summed E-state index contributed by atoms with van der Waals surface area (Å²) >= 11 is 4.99. The average molecular weight is 609 g/mol. The summed E-state index contributed by atoms with van der Waals surface area (Å²) in [6.07, 6.45) is 2.62. The van der Waals surface area contributed by atoms with Gasteiger partial charge in [-0.3, -0.25) is 9.69 Å². The zero-order valence-electron chi connectivity index (χ0n) is 21.9. The molecular weight excluding hydrogens is 582 g/mol. The van der Waals surface area contributed by atoms with Crippen LogP contribution in [0.4, 0.5) is 5.69 Å². The number of halogens is 1. The first-order valence-corrected chi connectivity index (χ1v) is 14.4. The Bertz CT molecular complexity index is 1630. The van der Waals surface area contributed by atoms with Gasteiger partial charge in [0, 0.05) is 12.1 Å². The second kappa shape index (κ2) is 12.8. The van der Waals surface area contributed by atoms with Crippen LogP contribution in [-0.4, -0.2) is 22.5 Å². The number of amidine groups is 1. The van der Waals surface area contributed by atoms with Gasteiger partial charge in [-0.1, -0.05) is 72.3 Å². The van der Waals surface area contributed by atoms with Crippen molar-refractivity contribution in [3.8, 4) is 11.8 Å². The normalized spacial score (nSPS) is 15.0. The molecule has 0 aliphatic carbocycles. The Morgan fingerprint density at radius 2 is 1.75 bits per heavy atom. The molecule has 0 unspecified atom stereocenters. The van der Waals surface area contributed by atoms with Gasteiger partial charge in [-0.2, -0.15) is 5.26 Å². The Kier molecular flexibility index (Phi) is 8.80. The van der Waals surface area contributed by atoms with Crippen molar-refractivity contribution in [3.05, 3.63) is 134 Å². The summed E-state index contributed by atoms with van der Waals surface area (Å²) in [5, 5.41) is 10.00. The van der Waals surface area contributed by atoms with E-state index >= 15 is 0 Å². The van der Waals surface area contributed by atoms with Crippen LogP contribution in [0.1, 0.15) is 27.8 Å². The summed E-state index contributed by atoms with van der Waals surface area (Å²) in [5.74, 6) is 0.600. The van der Waals surface area contributed by atoms with Gasteiger partial charge in [0.2, 0.25) is 0 Å². The van der Waals surface area contributed by atoms with Crippen molar-refractivity contribution in [2.75, 3.05) is 6.54 Å². The predicted molar refractivity (Wildman–Crippen MR) is 165 cm³/mol. The fraction of sp³-hybridized carbons (Fsp3) is 0.121. The van der Waals surface area contributed by atoms with E-state index in [1.807, 2.05) is 91.9 Å². The third-order valence-electron chi connectivity index (χ3n) is 6.39. The first-order chi connectivity index (χ1) is 19.5. The lowest BCUT2D eigenvalue weighted by Crippen LogP contribution is -2.31. The predicted octanol–water partition coefficient (Wildman–Crippen LogP) is 8.05. The van der Waals surface area contributed by atoms with E-state index in [1.54, 1.807) is 11.0 Å². The van der Waals surface area contributed by atoms with E-state index in [1.165, 1.54) is 17.3 Å². The summed E-state index contributed by atoms with van der Waals surface area (Å²) < 4.78 is 6.74. The van der Waals surface area contributed by atoms with Crippen molar-refractivity contribution in [1.82, 2.24) is 4.90 Å². The molecule has 1 aliphatic heterocycles. The van der Waals surface area contributed by atoms with Gasteiger partial charge in [0.1, 0.15) is 12.4 Å². The molecule has 198 valence electrons. The molecule has 7 heteroatoms. The number of carbonyl (C=O) groups is 1. The van der Waals surface area contributed by atoms with Gasteiger partial charge in [0.15, 0.2) is 5.17 Å². The number of benzene rings is 4. The molecule has 0 atom stereocenters. The molecule has 4 aromatic carbocycles. The molecule has 1 aliphatic rings. The number of hydrogen-bond donors (Lipinski definition) is 0. The zero-order chi connectivity index (χ0) is 27.9. The minimum Gasteiger partial charge on any atom is -0.488 e. The number of thioether (sulfide) groups is 1. The van der Waals surface area contributed by atoms with Gasteiger partial charge >= 0.3 is 0 Å². The van der Waals surface area contributed by atoms with Gasteiger partial charge in [-0.05, 0) is 88.6 Å². The highest BCUT2D eigenvalue weighted by molar-refractivity contribution is 9.10. The van der Waals surface area contributed by atoms with Crippen LogP contribution in [0, 0.1) is 18.3 Å². The van der Waals surface area contributed by atoms with E-state index in [9.17, 15) is 10.1 Å². The Morgan fingerprint density at radius 1 is 1.00 bits per heavy atom. The molecule has 5 nitrogen and oxygen atoms in total. The maximum absolute atomic E-state index is 13.6. The molecule has 0 saturated carbocycles. The van der Waals surface area contributed by atoms with Gasteiger partial charge in [0.25, 0.3) is 5.91 Å². The zero-order valence-corrected chi connectivity index (χ0v) is 24.3. The van der Waals surface area contributed by atoms with Gasteiger partial charge < -0.3 is 4.74 Å². The molecule has 1 amide bonds. The minimum atomic E-state index is -0.0589. The lowest BCUT2D eigenvalue weighted by atomic mass is 10.1. The van der Waals surface area contributed by atoms with Crippen LogP contribution in [0.3, 0.4) is 0 Å². The second-order valence-corrected chi connectivity index (χ2v) is 11.1. The van der Waals surface area contributed by atoms with Crippen LogP contribution < -0.4 is 4.74 Å². The number of rotatable bonds is 8. The maximum atomic E-state index is 13.6. The molecule has 0 aromatic heterocycles. The quantitative estimate of drug-likeness (QED) is 0.190. The lowest BCUT2D eigenvalue weighted by Gasteiger charge is -2.15. The van der Waals surface area contributed by atoms with E-state index in [2.05, 4.69) is 34.1 Å². The van der Waals surface area contributed by atoms with Crippen LogP contribution in [0.5, 0.6) is 5.75 Å². The molecule has 0 N–H and O–H groups in total. The lowest BCUT2D eigenvalue weighted by molar-refractivity contribution is -0.122. The molecule has 1 fully saturated rings. The maximum Gasteiger partial charge on any atom is 0.266 e. The Balaban J connectivity index is 1.36. The van der Waals surface area contributed by atoms with E-state index in [-0.39, 0.29) is 12.5 Å². The van der Waals surface area contributed by atoms with Crippen molar-refractivity contribution >= 4 is 50.5 Å². The first kappa shape index (κ1) is 27.4. The van der Waals surface area contributed by atoms with Gasteiger partial charge in [-0.15, -0.1) is 0 Å². The monoisotopic (exact) mass is 607 g/mol. The fourth-order valence-electron chi connectivity index (χ4n) is 4.19. The number of amides is 1. The van der Waals surface area contributed by atoms with Crippen LogP contribution in [0.25, 0.3) is 6.08 Å². The number of nitrogens with zero attached hydrogens (tertiary/aromatic N) is 3. The van der Waals surface area contributed by atoms with Crippen molar-refractivity contribution in [2.45, 2.75) is 20.0 Å². The average Bonchev–Trinajstić information content (AvgIpc) is 3.26. The third-order valence-corrected chi connectivity index (χ3v) is 8.01. The molecule has 0 spiro atoms. The molecule has 1 saturated heterocycles. The molecule has 5 rings (SSSR count). The molecule has 40 heavy (non-hydrogen) atoms. The number of carbonyl (C=O) groups excluding carboxylic acids is 1. The first-order valence-electron chi connectivity index (χ1n) is 12.8. The fourth-order valence-corrected chi connectivity index (χ4v) is 5.73. The molecule has 4 aromatic rings. The third kappa shape index (κ3) is 6.71. The molecule has 0 bridgehead atoms. The summed E-state index contributed by atoms with van der Waals surface area (Å²) in [7, 11) is 0. The SMILES string of the molecule is Cc1ccc(N=C2S/C(=C/c3ccc(OCc4ccccc4C#N)c(Br)c3)C(=O)N2CCc2ccccc2)cc1. The number of aliphatic imine (C=N–C) groups is 1. The summed E-state index contributed by atoms with van der Waals surface area (Å²) in [6.45, 7) is 2.86. The Hall–Kier alpha value is -4.12. The Labute approximate surface area is 247 Å². The highest BCUT2D eigenvalue weighted by atomic mass is 79.9. The van der Waals surface area contributed by atoms with E-state index in [4.69, 9.17) is 9.73 Å². The summed E-state index contributed by atoms with van der Waals surface area (Å²) in [4.78, 5) is 20.8. The smallest absolute Gasteiger partial charge is 0.266 e. The highest BCUT2D eigenvalue weighted by Gasteiger charge is 2.33. The number of ether oxygens (including phenoxy) is 1. The molecule has 0 radical (unpaired) electrons. The molecule has 1 heterocycles. The van der Waals surface area contributed by atoms with E-state index in [0.717, 1.165) is 33.3 Å². The van der Waals surface area contributed by atoms with Gasteiger partial charge in [0.05, 0.1) is 26.7 Å². The summed E-state index contributed by atoms with van der Waals surface area (Å²) in [5.41, 5.74) is 5.43. The van der Waals surface area contributed by atoms with E-state index < -0.39 is 0 Å². The topological polar surface area (TPSA) is 65.7 Å². The number of nitriles is 1. The molecular formula is C33H26BrN3O2S. The van der Waals surface area contributed by atoms with Crippen molar-refractivity contribution < 1.29 is 9.53 Å². The van der Waals surface area contributed by atoms with E-state index in [0.29, 0.717) is 27.9 Å². The van der Waals surface area contributed by atoms with Crippen LogP contribution in [0.2, 0.25) is 0 Å². The van der Waals surface area contributed by atoms with Crippen molar-refractivity contribution in [3.63, 3.8) is 0 Å². The Morgan fingerprint density at radius 3 is 2.50 bits per heavy atom. The van der Waals surface area contributed by atoms with Crippen LogP contribution in [0.15, 0.2) is 111 Å². The second-order valence-electron chi connectivity index (χ2n) is 9.28. The summed E-state index contributed by atoms with van der Waals surface area (Å²) in [6, 6.07) is 33.4. The van der Waals surface area contributed by atoms with Crippen LogP contribution >= 0.6 is 27.7 Å². The number of aryl methyl sites for hydroxylation is 1. The van der Waals surface area contributed by atoms with Crippen LogP contribution in [-0.2, 0) is 17.8 Å². The standard InChI is InChI=1S/C33H26BrN3O2S/c1-23-11-14-28(15-12-23)36-33-37(18-17-24-7-3-2-4-8-24)32(38)31(40-33)20-25-13-16-30(29(34)19-25)39-22-27-10-6-5-9-26(27)21-35/h2-16,19-20H,17-18,22H2,1H3/b31-20+,36-33?. The van der Waals surface area contributed by atoms with Crippen molar-refractivity contribution in [2.24, 2.45) is 4.99 Å². The number of hydrogen-bond acceptors (Lipinski definition) is 5. The minimum absolute atomic E-state index is 0.0589. The van der Waals surface area contributed by atoms with Gasteiger partial charge in [-0.25, -0.2) is 4.99 Å².